The largest absolute Gasteiger partial charge is 0.322 e. The molecule has 0 aliphatic heterocycles. The highest BCUT2D eigenvalue weighted by Gasteiger charge is 2.11. The number of carbonyl (C=O) groups excluding carboxylic acids is 1. The first-order valence-electron chi connectivity index (χ1n) is 7.52. The van der Waals surface area contributed by atoms with Crippen LogP contribution in [0, 0.1) is 0 Å². The Hall–Kier alpha value is -2.96. The van der Waals surface area contributed by atoms with Gasteiger partial charge in [0.15, 0.2) is 0 Å². The predicted molar refractivity (Wildman–Crippen MR) is 86.6 cm³/mol. The van der Waals surface area contributed by atoms with Gasteiger partial charge in [-0.05, 0) is 6.42 Å². The summed E-state index contributed by atoms with van der Waals surface area (Å²) in [5.41, 5.74) is 0.968. The fraction of sp³-hybridized carbons (Fsp3) is 0.250. The van der Waals surface area contributed by atoms with E-state index in [0.29, 0.717) is 5.95 Å². The number of hydrogen-bond acceptors (Lipinski definition) is 4. The van der Waals surface area contributed by atoms with Crippen LogP contribution >= 0.6 is 0 Å². The second-order valence-electron chi connectivity index (χ2n) is 5.12. The van der Waals surface area contributed by atoms with Crippen molar-refractivity contribution >= 4 is 11.9 Å². The lowest BCUT2D eigenvalue weighted by molar-refractivity contribution is -0.116. The number of rotatable bonds is 6. The molecule has 0 unspecified atom stereocenters. The van der Waals surface area contributed by atoms with E-state index >= 15 is 0 Å². The normalized spacial score (nSPS) is 10.7. The molecule has 2 aromatic heterocycles. The first kappa shape index (κ1) is 15.0. The molecule has 1 N–H and O–H groups in total. The Labute approximate surface area is 134 Å². The molecule has 0 atom stereocenters. The minimum absolute atomic E-state index is 0.159. The van der Waals surface area contributed by atoms with Gasteiger partial charge in [0, 0.05) is 24.5 Å². The van der Waals surface area contributed by atoms with E-state index in [4.69, 9.17) is 0 Å². The van der Waals surface area contributed by atoms with Crippen molar-refractivity contribution in [1.82, 2.24) is 24.3 Å². The SMILES string of the molecule is CCCn1cnc(NC(=O)Cn2ccnc2-c2ccccc2)n1. The number of imidazole rings is 1. The molecule has 23 heavy (non-hydrogen) atoms. The molecule has 7 nitrogen and oxygen atoms in total. The summed E-state index contributed by atoms with van der Waals surface area (Å²) < 4.78 is 3.51. The summed E-state index contributed by atoms with van der Waals surface area (Å²) in [6.45, 7) is 3.00. The number of hydrogen-bond donors (Lipinski definition) is 1. The summed E-state index contributed by atoms with van der Waals surface area (Å²) in [5, 5.41) is 6.91. The molecule has 0 radical (unpaired) electrons. The fourth-order valence-corrected chi connectivity index (χ4v) is 2.29. The highest BCUT2D eigenvalue weighted by atomic mass is 16.2. The van der Waals surface area contributed by atoms with Crippen LogP contribution in [-0.2, 0) is 17.9 Å². The van der Waals surface area contributed by atoms with Crippen molar-refractivity contribution in [2.45, 2.75) is 26.4 Å². The summed E-state index contributed by atoms with van der Waals surface area (Å²) >= 11 is 0. The van der Waals surface area contributed by atoms with Gasteiger partial charge in [-0.3, -0.25) is 14.8 Å². The van der Waals surface area contributed by atoms with Crippen LogP contribution in [0.15, 0.2) is 49.1 Å². The Bertz CT molecular complexity index is 777. The van der Waals surface area contributed by atoms with E-state index in [9.17, 15) is 4.79 Å². The number of benzene rings is 1. The van der Waals surface area contributed by atoms with Crippen molar-refractivity contribution in [2.24, 2.45) is 0 Å². The molecule has 0 aliphatic rings. The smallest absolute Gasteiger partial charge is 0.248 e. The number of carbonyl (C=O) groups is 1. The monoisotopic (exact) mass is 310 g/mol. The van der Waals surface area contributed by atoms with Crippen molar-refractivity contribution in [3.63, 3.8) is 0 Å². The van der Waals surface area contributed by atoms with Crippen LogP contribution < -0.4 is 5.32 Å². The molecule has 0 saturated carbocycles. The van der Waals surface area contributed by atoms with E-state index in [-0.39, 0.29) is 12.5 Å². The van der Waals surface area contributed by atoms with Crippen molar-refractivity contribution < 1.29 is 4.79 Å². The van der Waals surface area contributed by atoms with Gasteiger partial charge in [0.2, 0.25) is 11.9 Å². The number of aromatic nitrogens is 5. The summed E-state index contributed by atoms with van der Waals surface area (Å²) in [5.74, 6) is 0.893. The minimum atomic E-state index is -0.186. The van der Waals surface area contributed by atoms with Crippen molar-refractivity contribution in [3.8, 4) is 11.4 Å². The predicted octanol–water partition coefficient (Wildman–Crippen LogP) is 2.19. The Morgan fingerprint density at radius 3 is 2.83 bits per heavy atom. The zero-order chi connectivity index (χ0) is 16.1. The Morgan fingerprint density at radius 2 is 2.04 bits per heavy atom. The van der Waals surface area contributed by atoms with Crippen LogP contribution in [0.1, 0.15) is 13.3 Å². The minimum Gasteiger partial charge on any atom is -0.322 e. The third-order valence-electron chi connectivity index (χ3n) is 3.30. The van der Waals surface area contributed by atoms with Crippen LogP contribution in [0.3, 0.4) is 0 Å². The molecule has 0 bridgehead atoms. The maximum absolute atomic E-state index is 12.2. The van der Waals surface area contributed by atoms with Gasteiger partial charge < -0.3 is 4.57 Å². The standard InChI is InChI=1S/C16H18N6O/c1-2-9-22-12-18-16(20-22)19-14(23)11-21-10-8-17-15(21)13-6-4-3-5-7-13/h3-8,10,12H,2,9,11H2,1H3,(H,19,20,23). The van der Waals surface area contributed by atoms with Crippen molar-refractivity contribution in [3.05, 3.63) is 49.1 Å². The van der Waals surface area contributed by atoms with E-state index < -0.39 is 0 Å². The third kappa shape index (κ3) is 3.63. The molecule has 0 fully saturated rings. The van der Waals surface area contributed by atoms with Gasteiger partial charge in [-0.25, -0.2) is 9.97 Å². The van der Waals surface area contributed by atoms with Gasteiger partial charge >= 0.3 is 0 Å². The molecule has 3 aromatic rings. The number of amides is 1. The average Bonchev–Trinajstić information content (AvgIpc) is 3.18. The number of nitrogens with zero attached hydrogens (tertiary/aromatic N) is 5. The molecule has 0 aliphatic carbocycles. The summed E-state index contributed by atoms with van der Waals surface area (Å²) in [6, 6.07) is 9.76. The maximum atomic E-state index is 12.2. The van der Waals surface area contributed by atoms with Crippen LogP contribution in [0.5, 0.6) is 0 Å². The molecular formula is C16H18N6O. The first-order chi connectivity index (χ1) is 11.3. The Kier molecular flexibility index (Phi) is 4.46. The summed E-state index contributed by atoms with van der Waals surface area (Å²) in [7, 11) is 0. The molecule has 0 saturated heterocycles. The van der Waals surface area contributed by atoms with E-state index in [1.165, 1.54) is 0 Å². The van der Waals surface area contributed by atoms with Gasteiger partial charge in [0.05, 0.1) is 0 Å². The second kappa shape index (κ2) is 6.87. The molecule has 1 amide bonds. The third-order valence-corrected chi connectivity index (χ3v) is 3.30. The van der Waals surface area contributed by atoms with Crippen molar-refractivity contribution in [2.75, 3.05) is 5.32 Å². The van der Waals surface area contributed by atoms with Crippen molar-refractivity contribution in [1.29, 1.82) is 0 Å². The first-order valence-corrected chi connectivity index (χ1v) is 7.52. The maximum Gasteiger partial charge on any atom is 0.248 e. The van der Waals surface area contributed by atoms with E-state index in [0.717, 1.165) is 24.4 Å². The van der Waals surface area contributed by atoms with Gasteiger partial charge in [-0.1, -0.05) is 37.3 Å². The van der Waals surface area contributed by atoms with E-state index in [1.54, 1.807) is 28.0 Å². The lowest BCUT2D eigenvalue weighted by Crippen LogP contribution is -2.19. The molecular weight excluding hydrogens is 292 g/mol. The molecule has 3 rings (SSSR count). The number of anilines is 1. The topological polar surface area (TPSA) is 77.6 Å². The quantitative estimate of drug-likeness (QED) is 0.757. The molecule has 2 heterocycles. The van der Waals surface area contributed by atoms with Gasteiger partial charge in [0.25, 0.3) is 0 Å². The van der Waals surface area contributed by atoms with E-state index in [2.05, 4.69) is 27.3 Å². The molecule has 0 spiro atoms. The lowest BCUT2D eigenvalue weighted by atomic mass is 10.2. The van der Waals surface area contributed by atoms with Crippen LogP contribution in [0.2, 0.25) is 0 Å². The molecule has 7 heteroatoms. The van der Waals surface area contributed by atoms with E-state index in [1.807, 2.05) is 30.3 Å². The zero-order valence-electron chi connectivity index (χ0n) is 12.9. The number of nitrogens with one attached hydrogen (secondary N) is 1. The zero-order valence-corrected chi connectivity index (χ0v) is 12.9. The molecule has 118 valence electrons. The summed E-state index contributed by atoms with van der Waals surface area (Å²) in [4.78, 5) is 20.6. The highest BCUT2D eigenvalue weighted by molar-refractivity contribution is 5.89. The second-order valence-corrected chi connectivity index (χ2v) is 5.12. The number of aryl methyl sites for hydroxylation is 1. The fourth-order valence-electron chi connectivity index (χ4n) is 2.29. The van der Waals surface area contributed by atoms with Crippen LogP contribution in [0.4, 0.5) is 5.95 Å². The van der Waals surface area contributed by atoms with Gasteiger partial charge in [-0.15, -0.1) is 5.10 Å². The molecule has 1 aromatic carbocycles. The Balaban J connectivity index is 1.68. The van der Waals surface area contributed by atoms with Crippen LogP contribution in [-0.4, -0.2) is 30.2 Å². The van der Waals surface area contributed by atoms with Crippen LogP contribution in [0.25, 0.3) is 11.4 Å². The highest BCUT2D eigenvalue weighted by Crippen LogP contribution is 2.16. The summed E-state index contributed by atoms with van der Waals surface area (Å²) in [6.07, 6.45) is 6.05. The average molecular weight is 310 g/mol. The lowest BCUT2D eigenvalue weighted by Gasteiger charge is -2.07. The van der Waals surface area contributed by atoms with Gasteiger partial charge in [0.1, 0.15) is 18.7 Å². The van der Waals surface area contributed by atoms with Gasteiger partial charge in [-0.2, -0.15) is 0 Å². The Morgan fingerprint density at radius 1 is 1.22 bits per heavy atom.